The average Bonchev–Trinajstić information content (AvgIpc) is 3.36. The summed E-state index contributed by atoms with van der Waals surface area (Å²) in [4.78, 5) is 14.3. The Morgan fingerprint density at radius 2 is 2.03 bits per heavy atom. The quantitative estimate of drug-likeness (QED) is 0.419. The van der Waals surface area contributed by atoms with E-state index < -0.39 is 12.0 Å². The summed E-state index contributed by atoms with van der Waals surface area (Å²) in [5, 5.41) is 25.4. The number of aryl methyl sites for hydroxylation is 1. The molecule has 194 valence electrons. The third-order valence-corrected chi connectivity index (χ3v) is 8.23. The summed E-state index contributed by atoms with van der Waals surface area (Å²) in [7, 11) is 1.55. The number of methoxy groups -OCH3 is 1. The molecule has 4 N–H and O–H groups in total. The number of phenolic OH excluding ortho intramolecular Hbond substituents is 1. The zero-order valence-corrected chi connectivity index (χ0v) is 21.3. The number of carbonyl (C=O) groups is 1. The third-order valence-electron chi connectivity index (χ3n) is 8.23. The van der Waals surface area contributed by atoms with Crippen LogP contribution >= 0.6 is 0 Å². The molecule has 1 unspecified atom stereocenters. The average molecular weight is 507 g/mol. The molecule has 4 aliphatic heterocycles. The lowest BCUT2D eigenvalue weighted by Gasteiger charge is -2.56. The van der Waals surface area contributed by atoms with Gasteiger partial charge in [-0.05, 0) is 37.8 Å². The maximum Gasteiger partial charge on any atom is 0.308 e. The van der Waals surface area contributed by atoms with Gasteiger partial charge in [0, 0.05) is 47.8 Å². The second kappa shape index (κ2) is 8.52. The molecule has 37 heavy (non-hydrogen) atoms. The van der Waals surface area contributed by atoms with Gasteiger partial charge in [-0.15, -0.1) is 0 Å². The largest absolute Gasteiger partial charge is 0.504 e. The first-order valence-corrected chi connectivity index (χ1v) is 12.5. The predicted octanol–water partition coefficient (Wildman–Crippen LogP) is 2.06. The van der Waals surface area contributed by atoms with E-state index >= 15 is 0 Å². The lowest BCUT2D eigenvalue weighted by Crippen LogP contribution is -2.68. The third kappa shape index (κ3) is 3.24. The minimum absolute atomic E-state index is 0.0573. The van der Waals surface area contributed by atoms with Crippen molar-refractivity contribution in [3.63, 3.8) is 0 Å². The van der Waals surface area contributed by atoms with Crippen LogP contribution in [0.5, 0.6) is 28.7 Å². The van der Waals surface area contributed by atoms with Crippen LogP contribution in [-0.4, -0.2) is 54.5 Å². The van der Waals surface area contributed by atoms with Gasteiger partial charge in [-0.3, -0.25) is 9.69 Å². The number of nitrogens with two attached hydrogens (primary N) is 1. The molecule has 4 aliphatic rings. The van der Waals surface area contributed by atoms with E-state index in [1.165, 1.54) is 6.92 Å². The van der Waals surface area contributed by atoms with E-state index in [0.717, 1.165) is 27.8 Å². The first-order chi connectivity index (χ1) is 17.8. The molecule has 10 nitrogen and oxygen atoms in total. The Bertz CT molecular complexity index is 1370. The van der Waals surface area contributed by atoms with Crippen molar-refractivity contribution in [3.05, 3.63) is 39.4 Å². The van der Waals surface area contributed by atoms with Gasteiger partial charge in [-0.2, -0.15) is 5.26 Å². The molecule has 0 saturated carbocycles. The summed E-state index contributed by atoms with van der Waals surface area (Å²) >= 11 is 0. The fourth-order valence-electron chi connectivity index (χ4n) is 6.93. The molecule has 2 bridgehead atoms. The number of carbonyl (C=O) groups excluding carboxylic acids is 1. The first-order valence-electron chi connectivity index (χ1n) is 12.5. The van der Waals surface area contributed by atoms with Crippen LogP contribution in [0.2, 0.25) is 0 Å². The number of ether oxygens (including phenoxy) is 4. The van der Waals surface area contributed by atoms with E-state index in [1.807, 2.05) is 19.9 Å². The standard InChI is InChI=1S/C27H30N4O6/c1-11-5-14-6-16-18(8-28)31-17(22(30-16)20(14)23(33)24(11)34-4)7-15-21(19(31)9-29)27-26(35-10-36-27)12(2)25(15)37-13(3)32/h5,16-19,22,30,33H,6-7,9-10,29H2,1-4H3/t16-,17?,18-,19-,22-/m0/s1. The number of nitrogens with zero attached hydrogens (tertiary/aromatic N) is 2. The lowest BCUT2D eigenvalue weighted by atomic mass is 9.72. The molecule has 5 atom stereocenters. The highest BCUT2D eigenvalue weighted by Gasteiger charge is 2.54. The Balaban J connectivity index is 1.59. The smallest absolute Gasteiger partial charge is 0.308 e. The molecule has 1 fully saturated rings. The van der Waals surface area contributed by atoms with Crippen molar-refractivity contribution in [2.45, 2.75) is 63.8 Å². The minimum atomic E-state index is -0.475. The Morgan fingerprint density at radius 1 is 1.27 bits per heavy atom. The number of aromatic hydroxyl groups is 1. The number of nitriles is 1. The van der Waals surface area contributed by atoms with E-state index in [0.29, 0.717) is 41.4 Å². The van der Waals surface area contributed by atoms with Gasteiger partial charge in [-0.25, -0.2) is 0 Å². The predicted molar refractivity (Wildman–Crippen MR) is 132 cm³/mol. The number of rotatable bonds is 3. The summed E-state index contributed by atoms with van der Waals surface area (Å²) < 4.78 is 23.0. The van der Waals surface area contributed by atoms with E-state index in [4.69, 9.17) is 24.7 Å². The van der Waals surface area contributed by atoms with Gasteiger partial charge in [0.1, 0.15) is 11.8 Å². The van der Waals surface area contributed by atoms with Crippen molar-refractivity contribution in [2.24, 2.45) is 5.73 Å². The second-order valence-corrected chi connectivity index (χ2v) is 10.2. The molecule has 6 rings (SSSR count). The summed E-state index contributed by atoms with van der Waals surface area (Å²) in [6.07, 6.45) is 1.03. The Hall–Kier alpha value is -3.52. The molecule has 0 amide bonds. The highest BCUT2D eigenvalue weighted by molar-refractivity contribution is 5.74. The number of fused-ring (bicyclic) bond motifs is 9. The zero-order valence-electron chi connectivity index (χ0n) is 21.3. The number of hydrogen-bond acceptors (Lipinski definition) is 10. The number of hydrogen-bond donors (Lipinski definition) is 3. The minimum Gasteiger partial charge on any atom is -0.504 e. The molecular formula is C27H30N4O6. The fourth-order valence-corrected chi connectivity index (χ4v) is 6.93. The number of benzene rings is 2. The van der Waals surface area contributed by atoms with Crippen LogP contribution in [0.25, 0.3) is 0 Å². The molecule has 1 saturated heterocycles. The number of nitrogens with one attached hydrogen (secondary N) is 1. The van der Waals surface area contributed by atoms with Gasteiger partial charge in [0.05, 0.1) is 25.3 Å². The normalized spacial score (nSPS) is 27.0. The van der Waals surface area contributed by atoms with Crippen LogP contribution in [0.3, 0.4) is 0 Å². The highest BCUT2D eigenvalue weighted by atomic mass is 16.7. The van der Waals surface area contributed by atoms with E-state index in [-0.39, 0.29) is 43.3 Å². The number of esters is 1. The zero-order chi connectivity index (χ0) is 26.2. The molecule has 2 aromatic carbocycles. The number of piperazine rings is 1. The van der Waals surface area contributed by atoms with Crippen LogP contribution in [0.4, 0.5) is 0 Å². The van der Waals surface area contributed by atoms with Crippen LogP contribution in [0, 0.1) is 25.2 Å². The molecule has 0 spiro atoms. The van der Waals surface area contributed by atoms with Gasteiger partial charge in [0.25, 0.3) is 0 Å². The van der Waals surface area contributed by atoms with Gasteiger partial charge >= 0.3 is 5.97 Å². The molecule has 0 radical (unpaired) electrons. The van der Waals surface area contributed by atoms with Gasteiger partial charge < -0.3 is 35.1 Å². The number of phenols is 1. The van der Waals surface area contributed by atoms with Crippen molar-refractivity contribution in [1.29, 1.82) is 5.26 Å². The Kier molecular flexibility index (Phi) is 5.49. The van der Waals surface area contributed by atoms with Crippen LogP contribution < -0.4 is 30.0 Å². The van der Waals surface area contributed by atoms with Crippen molar-refractivity contribution >= 4 is 5.97 Å². The molecule has 0 aromatic heterocycles. The maximum absolute atomic E-state index is 12.1. The maximum atomic E-state index is 12.1. The van der Waals surface area contributed by atoms with Crippen molar-refractivity contribution in [1.82, 2.24) is 10.2 Å². The summed E-state index contributed by atoms with van der Waals surface area (Å²) in [5.41, 5.74) is 11.4. The Morgan fingerprint density at radius 3 is 2.70 bits per heavy atom. The van der Waals surface area contributed by atoms with E-state index in [9.17, 15) is 15.2 Å². The van der Waals surface area contributed by atoms with Crippen molar-refractivity contribution in [2.75, 3.05) is 20.4 Å². The molecule has 10 heteroatoms. The molecule has 0 aliphatic carbocycles. The van der Waals surface area contributed by atoms with Gasteiger partial charge in [0.2, 0.25) is 6.79 Å². The van der Waals surface area contributed by atoms with Crippen molar-refractivity contribution in [3.8, 4) is 34.8 Å². The first kappa shape index (κ1) is 23.9. The topological polar surface area (TPSA) is 139 Å². The van der Waals surface area contributed by atoms with Crippen LogP contribution in [0.15, 0.2) is 6.07 Å². The van der Waals surface area contributed by atoms with E-state index in [2.05, 4.69) is 16.3 Å². The molecular weight excluding hydrogens is 476 g/mol. The van der Waals surface area contributed by atoms with Crippen LogP contribution in [0.1, 0.15) is 52.4 Å². The fraction of sp³-hybridized carbons (Fsp3) is 0.481. The second-order valence-electron chi connectivity index (χ2n) is 10.2. The van der Waals surface area contributed by atoms with Crippen LogP contribution in [-0.2, 0) is 17.6 Å². The lowest BCUT2D eigenvalue weighted by molar-refractivity contribution is -0.132. The summed E-state index contributed by atoms with van der Waals surface area (Å²) in [6.45, 7) is 5.40. The van der Waals surface area contributed by atoms with Crippen molar-refractivity contribution < 1.29 is 28.8 Å². The molecule has 4 heterocycles. The Labute approximate surface area is 214 Å². The van der Waals surface area contributed by atoms with Gasteiger partial charge in [0.15, 0.2) is 23.0 Å². The highest BCUT2D eigenvalue weighted by Crippen LogP contribution is 2.56. The SMILES string of the molecule is COc1c(C)cc2c(c1O)[C@H]1N[C@@H](C2)[C@H](C#N)N2C1Cc1c(OC(C)=O)c(C)c3c(c1[C@@H]2CN)OCO3. The van der Waals surface area contributed by atoms with Gasteiger partial charge in [-0.1, -0.05) is 6.07 Å². The van der Waals surface area contributed by atoms with E-state index in [1.54, 1.807) is 7.11 Å². The summed E-state index contributed by atoms with van der Waals surface area (Å²) in [5.74, 6) is 1.70. The summed E-state index contributed by atoms with van der Waals surface area (Å²) in [6, 6.07) is 2.99. The monoisotopic (exact) mass is 506 g/mol. The molecule has 2 aromatic rings.